The van der Waals surface area contributed by atoms with Gasteiger partial charge < -0.3 is 19.9 Å². The Kier molecular flexibility index (Phi) is 9.52. The van der Waals surface area contributed by atoms with Gasteiger partial charge in [-0.05, 0) is 30.5 Å². The summed E-state index contributed by atoms with van der Waals surface area (Å²) in [6, 6.07) is 8.57. The fraction of sp³-hybridized carbons (Fsp3) is 0.550. The molecule has 0 atom stereocenters. The van der Waals surface area contributed by atoms with Crippen LogP contribution in [0.25, 0.3) is 0 Å². The minimum Gasteiger partial charge on any atom is -0.497 e. The molecule has 0 radical (unpaired) electrons. The van der Waals surface area contributed by atoms with Gasteiger partial charge in [-0.25, -0.2) is 4.99 Å². The SMILES string of the molecule is CCc1nncn1CCNC(=NCc1cccc(OC)c1)NC1CCCC1.I. The standard InChI is InChI=1S/C20H30N6O.HI/c1-3-19-25-23-15-26(19)12-11-21-20(24-17-8-4-5-9-17)22-14-16-7-6-10-18(13-16)27-2;/h6-7,10,13,15,17H,3-5,8-9,11-12,14H2,1-2H3,(H2,21,22,24);1H. The number of benzene rings is 1. The van der Waals surface area contributed by atoms with Crippen molar-refractivity contribution in [2.75, 3.05) is 13.7 Å². The number of aromatic nitrogens is 3. The number of aryl methyl sites for hydroxylation is 1. The smallest absolute Gasteiger partial charge is 0.191 e. The second kappa shape index (κ2) is 11.9. The first-order chi connectivity index (χ1) is 13.3. The molecule has 0 aliphatic heterocycles. The lowest BCUT2D eigenvalue weighted by Crippen LogP contribution is -2.43. The Labute approximate surface area is 184 Å². The summed E-state index contributed by atoms with van der Waals surface area (Å²) >= 11 is 0. The molecule has 154 valence electrons. The largest absolute Gasteiger partial charge is 0.497 e. The van der Waals surface area contributed by atoms with Gasteiger partial charge in [0.05, 0.1) is 13.7 Å². The molecule has 28 heavy (non-hydrogen) atoms. The molecule has 3 rings (SSSR count). The Hall–Kier alpha value is -1.84. The number of rotatable bonds is 8. The van der Waals surface area contributed by atoms with Crippen molar-refractivity contribution in [2.45, 2.75) is 58.2 Å². The minimum atomic E-state index is 0. The van der Waals surface area contributed by atoms with Gasteiger partial charge >= 0.3 is 0 Å². The Morgan fingerprint density at radius 2 is 2.14 bits per heavy atom. The van der Waals surface area contributed by atoms with E-state index in [1.165, 1.54) is 25.7 Å². The van der Waals surface area contributed by atoms with Crippen molar-refractivity contribution in [3.8, 4) is 5.75 Å². The quantitative estimate of drug-likeness (QED) is 0.332. The minimum absolute atomic E-state index is 0. The Bertz CT molecular complexity index is 742. The highest BCUT2D eigenvalue weighted by Gasteiger charge is 2.16. The molecule has 1 aromatic carbocycles. The van der Waals surface area contributed by atoms with E-state index in [2.05, 4.69) is 38.4 Å². The van der Waals surface area contributed by atoms with Gasteiger partial charge in [-0.2, -0.15) is 0 Å². The van der Waals surface area contributed by atoms with Gasteiger partial charge in [0, 0.05) is 25.6 Å². The van der Waals surface area contributed by atoms with Crippen molar-refractivity contribution in [3.63, 3.8) is 0 Å². The van der Waals surface area contributed by atoms with Gasteiger partial charge in [0.25, 0.3) is 0 Å². The molecular weight excluding hydrogens is 467 g/mol. The maximum Gasteiger partial charge on any atom is 0.191 e. The molecule has 0 saturated heterocycles. The number of nitrogens with zero attached hydrogens (tertiary/aromatic N) is 4. The highest BCUT2D eigenvalue weighted by molar-refractivity contribution is 14.0. The van der Waals surface area contributed by atoms with Crippen LogP contribution in [0.3, 0.4) is 0 Å². The molecular formula is C20H31IN6O. The summed E-state index contributed by atoms with van der Waals surface area (Å²) < 4.78 is 7.39. The van der Waals surface area contributed by atoms with E-state index in [1.807, 2.05) is 18.2 Å². The van der Waals surface area contributed by atoms with Crippen molar-refractivity contribution in [1.82, 2.24) is 25.4 Å². The van der Waals surface area contributed by atoms with Crippen LogP contribution in [0.15, 0.2) is 35.6 Å². The molecule has 0 bridgehead atoms. The molecule has 1 aliphatic rings. The monoisotopic (exact) mass is 498 g/mol. The zero-order valence-corrected chi connectivity index (χ0v) is 19.1. The van der Waals surface area contributed by atoms with E-state index >= 15 is 0 Å². The van der Waals surface area contributed by atoms with Crippen molar-refractivity contribution < 1.29 is 4.74 Å². The summed E-state index contributed by atoms with van der Waals surface area (Å²) in [5.74, 6) is 2.74. The first-order valence-electron chi connectivity index (χ1n) is 9.83. The van der Waals surface area contributed by atoms with Crippen LogP contribution in [0, 0.1) is 0 Å². The number of hydrogen-bond acceptors (Lipinski definition) is 4. The number of hydrogen-bond donors (Lipinski definition) is 2. The fourth-order valence-electron chi connectivity index (χ4n) is 3.39. The lowest BCUT2D eigenvalue weighted by atomic mass is 10.2. The number of halogens is 1. The van der Waals surface area contributed by atoms with Crippen molar-refractivity contribution in [3.05, 3.63) is 42.0 Å². The molecule has 1 heterocycles. The zero-order valence-electron chi connectivity index (χ0n) is 16.7. The van der Waals surface area contributed by atoms with Crippen molar-refractivity contribution in [1.29, 1.82) is 0 Å². The third kappa shape index (κ3) is 6.65. The molecule has 1 saturated carbocycles. The van der Waals surface area contributed by atoms with Gasteiger partial charge in [-0.15, -0.1) is 34.2 Å². The van der Waals surface area contributed by atoms with Crippen LogP contribution >= 0.6 is 24.0 Å². The number of guanidine groups is 1. The lowest BCUT2D eigenvalue weighted by Gasteiger charge is -2.18. The summed E-state index contributed by atoms with van der Waals surface area (Å²) in [4.78, 5) is 4.79. The number of aliphatic imine (C=N–C) groups is 1. The Balaban J connectivity index is 0.00000280. The number of methoxy groups -OCH3 is 1. The zero-order chi connectivity index (χ0) is 18.9. The molecule has 0 amide bonds. The van der Waals surface area contributed by atoms with E-state index in [0.717, 1.165) is 42.6 Å². The van der Waals surface area contributed by atoms with Gasteiger partial charge in [0.2, 0.25) is 0 Å². The third-order valence-corrected chi connectivity index (χ3v) is 4.91. The van der Waals surface area contributed by atoms with Crippen LogP contribution in [-0.4, -0.2) is 40.4 Å². The van der Waals surface area contributed by atoms with E-state index in [0.29, 0.717) is 12.6 Å². The van der Waals surface area contributed by atoms with Crippen LogP contribution in [0.2, 0.25) is 0 Å². The maximum atomic E-state index is 5.30. The Morgan fingerprint density at radius 3 is 2.89 bits per heavy atom. The second-order valence-electron chi connectivity index (χ2n) is 6.86. The maximum absolute atomic E-state index is 5.30. The summed E-state index contributed by atoms with van der Waals surface area (Å²) in [6.45, 7) is 4.31. The summed E-state index contributed by atoms with van der Waals surface area (Å²) in [5, 5.41) is 15.2. The topological polar surface area (TPSA) is 76.4 Å². The van der Waals surface area contributed by atoms with Gasteiger partial charge in [-0.1, -0.05) is 31.9 Å². The molecule has 0 spiro atoms. The molecule has 0 unspecified atom stereocenters. The highest BCUT2D eigenvalue weighted by Crippen LogP contribution is 2.17. The second-order valence-corrected chi connectivity index (χ2v) is 6.86. The fourth-order valence-corrected chi connectivity index (χ4v) is 3.39. The van der Waals surface area contributed by atoms with E-state index in [9.17, 15) is 0 Å². The molecule has 7 nitrogen and oxygen atoms in total. The van der Waals surface area contributed by atoms with E-state index in [4.69, 9.17) is 9.73 Å². The van der Waals surface area contributed by atoms with Crippen molar-refractivity contribution >= 4 is 29.9 Å². The summed E-state index contributed by atoms with van der Waals surface area (Å²) in [5.41, 5.74) is 1.13. The molecule has 2 aromatic rings. The average Bonchev–Trinajstić information content (AvgIpc) is 3.37. The highest BCUT2D eigenvalue weighted by atomic mass is 127. The van der Waals surface area contributed by atoms with Gasteiger partial charge in [0.1, 0.15) is 17.9 Å². The van der Waals surface area contributed by atoms with Gasteiger partial charge in [0.15, 0.2) is 5.96 Å². The Morgan fingerprint density at radius 1 is 1.32 bits per heavy atom. The predicted molar refractivity (Wildman–Crippen MR) is 122 cm³/mol. The van der Waals surface area contributed by atoms with Crippen LogP contribution in [0.4, 0.5) is 0 Å². The normalized spacial score (nSPS) is 14.6. The first kappa shape index (κ1) is 22.4. The van der Waals surface area contributed by atoms with Crippen molar-refractivity contribution in [2.24, 2.45) is 4.99 Å². The third-order valence-electron chi connectivity index (χ3n) is 4.91. The lowest BCUT2D eigenvalue weighted by molar-refractivity contribution is 0.414. The van der Waals surface area contributed by atoms with Gasteiger partial charge in [-0.3, -0.25) is 0 Å². The number of ether oxygens (including phenoxy) is 1. The summed E-state index contributed by atoms with van der Waals surface area (Å²) in [6.07, 6.45) is 7.69. The molecule has 1 aliphatic carbocycles. The molecule has 1 aromatic heterocycles. The van der Waals surface area contributed by atoms with E-state index in [-0.39, 0.29) is 24.0 Å². The number of nitrogens with one attached hydrogen (secondary N) is 2. The average molecular weight is 498 g/mol. The van der Waals surface area contributed by atoms with Crippen LogP contribution in [0.5, 0.6) is 5.75 Å². The predicted octanol–water partition coefficient (Wildman–Crippen LogP) is 3.15. The van der Waals surface area contributed by atoms with Crippen LogP contribution in [-0.2, 0) is 19.5 Å². The molecule has 2 N–H and O–H groups in total. The first-order valence-corrected chi connectivity index (χ1v) is 9.83. The van der Waals surface area contributed by atoms with Crippen LogP contribution < -0.4 is 15.4 Å². The van der Waals surface area contributed by atoms with E-state index in [1.54, 1.807) is 13.4 Å². The molecule has 1 fully saturated rings. The van der Waals surface area contributed by atoms with E-state index < -0.39 is 0 Å². The molecule has 8 heteroatoms. The summed E-state index contributed by atoms with van der Waals surface area (Å²) in [7, 11) is 1.69. The van der Waals surface area contributed by atoms with Crippen LogP contribution in [0.1, 0.15) is 44.0 Å².